The SMILES string of the molecule is Cc1c(C(C)C)c(=O)c2ccccc2n1CCOc1cccc([N+](=O)[O-])c1. The maximum Gasteiger partial charge on any atom is 0.273 e. The van der Waals surface area contributed by atoms with Crippen LogP contribution in [-0.2, 0) is 6.54 Å². The Morgan fingerprint density at radius 2 is 1.89 bits per heavy atom. The monoisotopic (exact) mass is 366 g/mol. The Morgan fingerprint density at radius 1 is 1.15 bits per heavy atom. The summed E-state index contributed by atoms with van der Waals surface area (Å²) < 4.78 is 7.82. The molecule has 0 radical (unpaired) electrons. The number of aromatic nitrogens is 1. The molecular formula is C21H22N2O4. The molecule has 1 aromatic heterocycles. The molecule has 0 aliphatic rings. The predicted octanol–water partition coefficient (Wildman–Crippen LogP) is 4.42. The van der Waals surface area contributed by atoms with Crippen molar-refractivity contribution in [3.8, 4) is 5.75 Å². The molecule has 0 aliphatic heterocycles. The summed E-state index contributed by atoms with van der Waals surface area (Å²) in [5.74, 6) is 0.572. The molecule has 6 heteroatoms. The molecule has 6 nitrogen and oxygen atoms in total. The minimum absolute atomic E-state index is 0.000384. The summed E-state index contributed by atoms with van der Waals surface area (Å²) in [6, 6.07) is 13.7. The van der Waals surface area contributed by atoms with Gasteiger partial charge >= 0.3 is 0 Å². The Labute approximate surface area is 157 Å². The second-order valence-corrected chi connectivity index (χ2v) is 6.75. The fourth-order valence-electron chi connectivity index (χ4n) is 3.45. The lowest BCUT2D eigenvalue weighted by Gasteiger charge is -2.20. The zero-order chi connectivity index (χ0) is 19.6. The minimum atomic E-state index is -0.443. The van der Waals surface area contributed by atoms with Crippen molar-refractivity contribution in [1.82, 2.24) is 4.57 Å². The van der Waals surface area contributed by atoms with E-state index < -0.39 is 4.92 Å². The van der Waals surface area contributed by atoms with Gasteiger partial charge in [-0.25, -0.2) is 0 Å². The van der Waals surface area contributed by atoms with Gasteiger partial charge in [-0.2, -0.15) is 0 Å². The molecule has 2 aromatic carbocycles. The number of para-hydroxylation sites is 1. The number of ether oxygens (including phenoxy) is 1. The van der Waals surface area contributed by atoms with E-state index in [1.807, 2.05) is 45.0 Å². The van der Waals surface area contributed by atoms with Crippen molar-refractivity contribution in [2.45, 2.75) is 33.2 Å². The van der Waals surface area contributed by atoms with Crippen LogP contribution < -0.4 is 10.2 Å². The van der Waals surface area contributed by atoms with Gasteiger partial charge in [0.15, 0.2) is 5.43 Å². The third-order valence-corrected chi connectivity index (χ3v) is 4.67. The maximum atomic E-state index is 12.8. The summed E-state index contributed by atoms with van der Waals surface area (Å²) in [6.07, 6.45) is 0. The first-order valence-electron chi connectivity index (χ1n) is 8.89. The molecule has 0 amide bonds. The van der Waals surface area contributed by atoms with Crippen LogP contribution >= 0.6 is 0 Å². The Kier molecular flexibility index (Phi) is 5.26. The van der Waals surface area contributed by atoms with E-state index in [-0.39, 0.29) is 17.0 Å². The van der Waals surface area contributed by atoms with Gasteiger partial charge in [0.25, 0.3) is 5.69 Å². The highest BCUT2D eigenvalue weighted by molar-refractivity contribution is 5.80. The summed E-state index contributed by atoms with van der Waals surface area (Å²) in [6.45, 7) is 6.86. The van der Waals surface area contributed by atoms with E-state index in [2.05, 4.69) is 4.57 Å². The molecule has 0 fully saturated rings. The second kappa shape index (κ2) is 7.61. The van der Waals surface area contributed by atoms with E-state index >= 15 is 0 Å². The highest BCUT2D eigenvalue weighted by Gasteiger charge is 2.16. The summed E-state index contributed by atoms with van der Waals surface area (Å²) >= 11 is 0. The van der Waals surface area contributed by atoms with Gasteiger partial charge in [-0.15, -0.1) is 0 Å². The number of rotatable bonds is 6. The van der Waals surface area contributed by atoms with Crippen molar-refractivity contribution in [2.24, 2.45) is 0 Å². The molecule has 0 unspecified atom stereocenters. The number of non-ortho nitro benzene ring substituents is 1. The Bertz CT molecular complexity index is 1050. The van der Waals surface area contributed by atoms with Gasteiger partial charge < -0.3 is 9.30 Å². The van der Waals surface area contributed by atoms with Crippen molar-refractivity contribution in [3.05, 3.63) is 80.1 Å². The lowest BCUT2D eigenvalue weighted by molar-refractivity contribution is -0.384. The molecule has 3 rings (SSSR count). The van der Waals surface area contributed by atoms with Crippen LogP contribution in [0, 0.1) is 17.0 Å². The first kappa shape index (κ1) is 18.6. The summed E-state index contributed by atoms with van der Waals surface area (Å²) in [5, 5.41) is 11.6. The highest BCUT2D eigenvalue weighted by atomic mass is 16.6. The van der Waals surface area contributed by atoms with Crippen LogP contribution in [0.4, 0.5) is 5.69 Å². The van der Waals surface area contributed by atoms with Gasteiger partial charge in [0, 0.05) is 22.7 Å². The van der Waals surface area contributed by atoms with Crippen LogP contribution in [0.25, 0.3) is 10.9 Å². The predicted molar refractivity (Wildman–Crippen MR) is 106 cm³/mol. The molecule has 0 atom stereocenters. The molecule has 27 heavy (non-hydrogen) atoms. The zero-order valence-electron chi connectivity index (χ0n) is 15.6. The minimum Gasteiger partial charge on any atom is -0.491 e. The number of benzene rings is 2. The van der Waals surface area contributed by atoms with Crippen molar-refractivity contribution in [1.29, 1.82) is 0 Å². The van der Waals surface area contributed by atoms with E-state index in [0.29, 0.717) is 24.3 Å². The van der Waals surface area contributed by atoms with Crippen LogP contribution in [0.1, 0.15) is 31.0 Å². The Hall–Kier alpha value is -3.15. The molecule has 0 spiro atoms. The second-order valence-electron chi connectivity index (χ2n) is 6.75. The van der Waals surface area contributed by atoms with Crippen LogP contribution in [0.5, 0.6) is 5.75 Å². The van der Waals surface area contributed by atoms with E-state index in [4.69, 9.17) is 4.74 Å². The number of hydrogen-bond acceptors (Lipinski definition) is 4. The van der Waals surface area contributed by atoms with Gasteiger partial charge in [0.05, 0.1) is 23.1 Å². The van der Waals surface area contributed by atoms with E-state index in [9.17, 15) is 14.9 Å². The van der Waals surface area contributed by atoms with Crippen LogP contribution in [0.2, 0.25) is 0 Å². The molecule has 3 aromatic rings. The van der Waals surface area contributed by atoms with Crippen LogP contribution in [0.15, 0.2) is 53.3 Å². The first-order valence-corrected chi connectivity index (χ1v) is 8.89. The molecular weight excluding hydrogens is 344 g/mol. The average molecular weight is 366 g/mol. The molecule has 0 bridgehead atoms. The molecule has 0 aliphatic carbocycles. The Balaban J connectivity index is 1.92. The normalized spacial score (nSPS) is 11.1. The summed E-state index contributed by atoms with van der Waals surface area (Å²) in [7, 11) is 0. The number of pyridine rings is 1. The van der Waals surface area contributed by atoms with E-state index in [0.717, 1.165) is 16.8 Å². The van der Waals surface area contributed by atoms with Gasteiger partial charge in [-0.3, -0.25) is 14.9 Å². The quantitative estimate of drug-likeness (QED) is 0.478. The largest absolute Gasteiger partial charge is 0.491 e. The maximum absolute atomic E-state index is 12.8. The number of nitro groups is 1. The first-order chi connectivity index (χ1) is 12.9. The third kappa shape index (κ3) is 3.69. The van der Waals surface area contributed by atoms with Gasteiger partial charge in [0.2, 0.25) is 0 Å². The third-order valence-electron chi connectivity index (χ3n) is 4.67. The average Bonchev–Trinajstić information content (AvgIpc) is 2.64. The van der Waals surface area contributed by atoms with Gasteiger partial charge in [0.1, 0.15) is 12.4 Å². The fourth-order valence-corrected chi connectivity index (χ4v) is 3.45. The number of hydrogen-bond donors (Lipinski definition) is 0. The molecule has 0 saturated carbocycles. The van der Waals surface area contributed by atoms with Crippen molar-refractivity contribution < 1.29 is 9.66 Å². The number of nitro benzene ring substituents is 1. The lowest BCUT2D eigenvalue weighted by atomic mass is 9.98. The van der Waals surface area contributed by atoms with Crippen molar-refractivity contribution in [3.63, 3.8) is 0 Å². The van der Waals surface area contributed by atoms with Crippen LogP contribution in [0.3, 0.4) is 0 Å². The number of nitrogens with zero attached hydrogens (tertiary/aromatic N) is 2. The molecule has 1 heterocycles. The molecule has 0 N–H and O–H groups in total. The lowest BCUT2D eigenvalue weighted by Crippen LogP contribution is -2.22. The fraction of sp³-hybridized carbons (Fsp3) is 0.286. The smallest absolute Gasteiger partial charge is 0.273 e. The van der Waals surface area contributed by atoms with Gasteiger partial charge in [-0.1, -0.05) is 32.0 Å². The Morgan fingerprint density at radius 3 is 2.59 bits per heavy atom. The van der Waals surface area contributed by atoms with Crippen molar-refractivity contribution >= 4 is 16.6 Å². The standard InChI is InChI=1S/C21H22N2O4/c1-14(2)20-15(3)22(19-10-5-4-9-18(19)21(20)24)11-12-27-17-8-6-7-16(13-17)23(25)26/h4-10,13-14H,11-12H2,1-3H3. The summed E-state index contributed by atoms with van der Waals surface area (Å²) in [5.41, 5.74) is 2.68. The number of fused-ring (bicyclic) bond motifs is 1. The van der Waals surface area contributed by atoms with Gasteiger partial charge in [-0.05, 0) is 31.0 Å². The topological polar surface area (TPSA) is 74.4 Å². The molecule has 140 valence electrons. The van der Waals surface area contributed by atoms with E-state index in [1.54, 1.807) is 12.1 Å². The summed E-state index contributed by atoms with van der Waals surface area (Å²) in [4.78, 5) is 23.3. The molecule has 0 saturated heterocycles. The van der Waals surface area contributed by atoms with E-state index in [1.165, 1.54) is 12.1 Å². The highest BCUT2D eigenvalue weighted by Crippen LogP contribution is 2.22. The zero-order valence-corrected chi connectivity index (χ0v) is 15.6. The van der Waals surface area contributed by atoms with Crippen molar-refractivity contribution in [2.75, 3.05) is 6.61 Å². The van der Waals surface area contributed by atoms with Crippen LogP contribution in [-0.4, -0.2) is 16.1 Å².